The number of rotatable bonds is 5. The highest BCUT2D eigenvalue weighted by atomic mass is 16.6. The third-order valence-corrected chi connectivity index (χ3v) is 3.69. The summed E-state index contributed by atoms with van der Waals surface area (Å²) in [6.07, 6.45) is 5.27. The molecule has 0 unspecified atom stereocenters. The van der Waals surface area contributed by atoms with Gasteiger partial charge in [0.1, 0.15) is 17.6 Å². The molecule has 1 aliphatic carbocycles. The molecule has 0 spiro atoms. The van der Waals surface area contributed by atoms with Gasteiger partial charge in [0.2, 0.25) is 0 Å². The number of anilines is 1. The van der Waals surface area contributed by atoms with Crippen LogP contribution in [0.25, 0.3) is 0 Å². The summed E-state index contributed by atoms with van der Waals surface area (Å²) < 4.78 is 0. The number of carboxylic acid groups (broad SMARTS) is 1. The number of hydrogen-bond acceptors (Lipinski definition) is 6. The molecule has 1 aromatic rings. The van der Waals surface area contributed by atoms with Crippen LogP contribution in [0.15, 0.2) is 12.3 Å². The monoisotopic (exact) mass is 295 g/mol. The number of carboxylic acids is 1. The zero-order chi connectivity index (χ0) is 15.5. The van der Waals surface area contributed by atoms with Crippen molar-refractivity contribution in [3.05, 3.63) is 27.9 Å². The lowest BCUT2D eigenvalue weighted by Gasteiger charge is -2.32. The first-order chi connectivity index (χ1) is 9.91. The number of nitrogens with zero attached hydrogens (tertiary/aromatic N) is 2. The van der Waals surface area contributed by atoms with Gasteiger partial charge in [-0.15, -0.1) is 0 Å². The Bertz CT molecular complexity index is 555. The van der Waals surface area contributed by atoms with Crippen molar-refractivity contribution in [1.29, 1.82) is 0 Å². The molecule has 0 aliphatic heterocycles. The van der Waals surface area contributed by atoms with Gasteiger partial charge in [0.05, 0.1) is 10.5 Å². The maximum Gasteiger partial charge on any atom is 0.342 e. The molecule has 1 heterocycles. The van der Waals surface area contributed by atoms with Crippen LogP contribution in [0.1, 0.15) is 42.5 Å². The summed E-state index contributed by atoms with van der Waals surface area (Å²) in [6.45, 7) is 0.247. The van der Waals surface area contributed by atoms with Gasteiger partial charge in [-0.05, 0) is 12.8 Å². The van der Waals surface area contributed by atoms with E-state index in [1.54, 1.807) is 0 Å². The normalized spacial score (nSPS) is 17.2. The third-order valence-electron chi connectivity index (χ3n) is 3.69. The van der Waals surface area contributed by atoms with Gasteiger partial charge >= 0.3 is 11.7 Å². The number of aromatic nitrogens is 1. The number of nitro groups is 1. The first kappa shape index (κ1) is 15.2. The Kier molecular flexibility index (Phi) is 4.37. The van der Waals surface area contributed by atoms with Gasteiger partial charge in [-0.3, -0.25) is 10.1 Å². The first-order valence-corrected chi connectivity index (χ1v) is 6.75. The lowest BCUT2D eigenvalue weighted by atomic mass is 9.85. The average molecular weight is 295 g/mol. The maximum absolute atomic E-state index is 11.0. The SMILES string of the molecule is O=C(O)c1cc(NCC2(O)CCCCC2)ncc1[N+](=O)[O-]. The molecular weight excluding hydrogens is 278 g/mol. The van der Waals surface area contributed by atoms with E-state index >= 15 is 0 Å². The molecule has 0 bridgehead atoms. The van der Waals surface area contributed by atoms with E-state index in [2.05, 4.69) is 10.3 Å². The van der Waals surface area contributed by atoms with Crippen molar-refractivity contribution in [1.82, 2.24) is 4.98 Å². The molecule has 1 saturated carbocycles. The van der Waals surface area contributed by atoms with E-state index in [-0.39, 0.29) is 12.4 Å². The van der Waals surface area contributed by atoms with Gasteiger partial charge in [-0.25, -0.2) is 9.78 Å². The van der Waals surface area contributed by atoms with Crippen LogP contribution in [0.4, 0.5) is 11.5 Å². The Morgan fingerprint density at radius 1 is 1.43 bits per heavy atom. The second-order valence-corrected chi connectivity index (χ2v) is 5.29. The topological polar surface area (TPSA) is 126 Å². The summed E-state index contributed by atoms with van der Waals surface area (Å²) in [6, 6.07) is 1.12. The van der Waals surface area contributed by atoms with Crippen molar-refractivity contribution < 1.29 is 19.9 Å². The Labute approximate surface area is 121 Å². The van der Waals surface area contributed by atoms with Gasteiger partial charge in [-0.1, -0.05) is 19.3 Å². The first-order valence-electron chi connectivity index (χ1n) is 6.75. The smallest absolute Gasteiger partial charge is 0.342 e. The standard InChI is InChI=1S/C13H17N3O5/c17-12(18)9-6-11(14-7-10(9)16(20)21)15-8-13(19)4-2-1-3-5-13/h6-7,19H,1-5,8H2,(H,14,15)(H,17,18). The minimum Gasteiger partial charge on any atom is -0.477 e. The molecule has 0 amide bonds. The van der Waals surface area contributed by atoms with Crippen LogP contribution in [0.5, 0.6) is 0 Å². The molecule has 1 aromatic heterocycles. The Morgan fingerprint density at radius 3 is 2.67 bits per heavy atom. The molecule has 8 heteroatoms. The van der Waals surface area contributed by atoms with Crippen LogP contribution in [0.3, 0.4) is 0 Å². The molecule has 0 atom stereocenters. The van der Waals surface area contributed by atoms with Crippen molar-refractivity contribution in [3.63, 3.8) is 0 Å². The zero-order valence-corrected chi connectivity index (χ0v) is 11.4. The maximum atomic E-state index is 11.0. The number of hydrogen-bond donors (Lipinski definition) is 3. The van der Waals surface area contributed by atoms with Gasteiger partial charge in [-0.2, -0.15) is 0 Å². The fraction of sp³-hybridized carbons (Fsp3) is 0.538. The van der Waals surface area contributed by atoms with Crippen LogP contribution < -0.4 is 5.32 Å². The molecule has 3 N–H and O–H groups in total. The highest BCUT2D eigenvalue weighted by Crippen LogP contribution is 2.28. The highest BCUT2D eigenvalue weighted by molar-refractivity contribution is 5.93. The molecule has 21 heavy (non-hydrogen) atoms. The quantitative estimate of drug-likeness (QED) is 0.558. The van der Waals surface area contributed by atoms with Crippen LogP contribution >= 0.6 is 0 Å². The summed E-state index contributed by atoms with van der Waals surface area (Å²) in [5.41, 5.74) is -1.80. The predicted octanol–water partition coefficient (Wildman–Crippen LogP) is 1.80. The summed E-state index contributed by atoms with van der Waals surface area (Å²) in [7, 11) is 0. The van der Waals surface area contributed by atoms with Crippen LogP contribution in [-0.4, -0.2) is 38.2 Å². The Hall–Kier alpha value is -2.22. The summed E-state index contributed by atoms with van der Waals surface area (Å²) in [5.74, 6) is -1.18. The summed E-state index contributed by atoms with van der Waals surface area (Å²) in [4.78, 5) is 24.8. The minimum absolute atomic E-state index is 0.206. The summed E-state index contributed by atoms with van der Waals surface area (Å²) >= 11 is 0. The lowest BCUT2D eigenvalue weighted by Crippen LogP contribution is -2.38. The molecule has 8 nitrogen and oxygen atoms in total. The van der Waals surface area contributed by atoms with E-state index in [1.807, 2.05) is 0 Å². The second kappa shape index (κ2) is 6.04. The van der Waals surface area contributed by atoms with Gasteiger partial charge in [0, 0.05) is 12.6 Å². The van der Waals surface area contributed by atoms with Crippen molar-refractivity contribution in [2.75, 3.05) is 11.9 Å². The van der Waals surface area contributed by atoms with E-state index in [9.17, 15) is 20.0 Å². The highest BCUT2D eigenvalue weighted by Gasteiger charge is 2.29. The molecule has 1 fully saturated rings. The number of aromatic carboxylic acids is 1. The van der Waals surface area contributed by atoms with Crippen LogP contribution in [0.2, 0.25) is 0 Å². The van der Waals surface area contributed by atoms with Gasteiger partial charge in [0.25, 0.3) is 0 Å². The average Bonchev–Trinajstić information content (AvgIpc) is 2.45. The zero-order valence-electron chi connectivity index (χ0n) is 11.4. The van der Waals surface area contributed by atoms with Gasteiger partial charge < -0.3 is 15.5 Å². The van der Waals surface area contributed by atoms with Crippen molar-refractivity contribution in [3.8, 4) is 0 Å². The fourth-order valence-corrected chi connectivity index (χ4v) is 2.50. The van der Waals surface area contributed by atoms with E-state index in [1.165, 1.54) is 0 Å². The van der Waals surface area contributed by atoms with E-state index in [0.717, 1.165) is 31.5 Å². The molecule has 1 aliphatic rings. The molecular formula is C13H17N3O5. The molecule has 0 saturated heterocycles. The number of carbonyl (C=O) groups is 1. The van der Waals surface area contributed by atoms with E-state index < -0.39 is 27.7 Å². The van der Waals surface area contributed by atoms with E-state index in [0.29, 0.717) is 12.8 Å². The lowest BCUT2D eigenvalue weighted by molar-refractivity contribution is -0.385. The number of pyridine rings is 1. The third kappa shape index (κ3) is 3.66. The molecule has 0 radical (unpaired) electrons. The predicted molar refractivity (Wildman–Crippen MR) is 74.4 cm³/mol. The number of nitrogens with one attached hydrogen (secondary N) is 1. The van der Waals surface area contributed by atoms with Crippen LogP contribution in [0, 0.1) is 10.1 Å². The Balaban J connectivity index is 2.12. The van der Waals surface area contributed by atoms with Crippen molar-refractivity contribution in [2.45, 2.75) is 37.7 Å². The molecule has 2 rings (SSSR count). The van der Waals surface area contributed by atoms with E-state index in [4.69, 9.17) is 5.11 Å². The van der Waals surface area contributed by atoms with Crippen LogP contribution in [-0.2, 0) is 0 Å². The fourth-order valence-electron chi connectivity index (χ4n) is 2.50. The largest absolute Gasteiger partial charge is 0.477 e. The number of aliphatic hydroxyl groups is 1. The minimum atomic E-state index is -1.39. The Morgan fingerprint density at radius 2 is 2.10 bits per heavy atom. The molecule has 114 valence electrons. The second-order valence-electron chi connectivity index (χ2n) is 5.29. The summed E-state index contributed by atoms with van der Waals surface area (Å²) in [5, 5.41) is 32.9. The van der Waals surface area contributed by atoms with Crippen molar-refractivity contribution in [2.24, 2.45) is 0 Å². The molecule has 0 aromatic carbocycles. The van der Waals surface area contributed by atoms with Crippen molar-refractivity contribution >= 4 is 17.5 Å². The van der Waals surface area contributed by atoms with Gasteiger partial charge in [0.15, 0.2) is 0 Å².